The Morgan fingerprint density at radius 1 is 1.27 bits per heavy atom. The van der Waals surface area contributed by atoms with E-state index < -0.39 is 0 Å². The lowest BCUT2D eigenvalue weighted by Crippen LogP contribution is -2.49. The average Bonchev–Trinajstić information content (AvgIpc) is 2.50. The highest BCUT2D eigenvalue weighted by molar-refractivity contribution is 5.94. The molecule has 0 saturated carbocycles. The number of benzene rings is 1. The van der Waals surface area contributed by atoms with E-state index in [1.807, 2.05) is 18.7 Å². The van der Waals surface area contributed by atoms with Crippen molar-refractivity contribution in [2.75, 3.05) is 39.3 Å². The van der Waals surface area contributed by atoms with Crippen molar-refractivity contribution in [3.63, 3.8) is 0 Å². The van der Waals surface area contributed by atoms with Gasteiger partial charge in [-0.05, 0) is 44.5 Å². The molecule has 0 unspecified atom stereocenters. The van der Waals surface area contributed by atoms with Gasteiger partial charge in [-0.3, -0.25) is 9.69 Å². The van der Waals surface area contributed by atoms with Crippen molar-refractivity contribution in [2.24, 2.45) is 0 Å². The number of nitrogens with zero attached hydrogens (tertiary/aromatic N) is 2. The molecule has 1 saturated heterocycles. The highest BCUT2D eigenvalue weighted by atomic mass is 19.1. The van der Waals surface area contributed by atoms with Gasteiger partial charge >= 0.3 is 0 Å². The van der Waals surface area contributed by atoms with Crippen LogP contribution in [0.2, 0.25) is 0 Å². The van der Waals surface area contributed by atoms with Crippen LogP contribution in [0.25, 0.3) is 0 Å². The summed E-state index contributed by atoms with van der Waals surface area (Å²) in [4.78, 5) is 16.6. The van der Waals surface area contributed by atoms with Crippen molar-refractivity contribution in [3.8, 4) is 0 Å². The van der Waals surface area contributed by atoms with Crippen LogP contribution in [0.1, 0.15) is 29.8 Å². The Labute approximate surface area is 131 Å². The molecule has 1 aliphatic rings. The molecule has 1 heterocycles. The van der Waals surface area contributed by atoms with Crippen molar-refractivity contribution >= 4 is 5.91 Å². The maximum Gasteiger partial charge on any atom is 0.253 e. The van der Waals surface area contributed by atoms with Crippen LogP contribution in [0.5, 0.6) is 0 Å². The molecule has 1 aliphatic heterocycles. The summed E-state index contributed by atoms with van der Waals surface area (Å²) >= 11 is 0. The second-order valence-electron chi connectivity index (χ2n) is 6.02. The maximum absolute atomic E-state index is 13.3. The Hall–Kier alpha value is -1.46. The molecule has 22 heavy (non-hydrogen) atoms. The zero-order valence-electron chi connectivity index (χ0n) is 13.6. The molecule has 0 radical (unpaired) electrons. The SMILES string of the molecule is Cc1cc(C(=O)N2CCN(CCOC(C)C)CC2)ccc1F. The van der Waals surface area contributed by atoms with Gasteiger partial charge in [-0.25, -0.2) is 4.39 Å². The number of hydrogen-bond acceptors (Lipinski definition) is 3. The Kier molecular flexibility index (Phi) is 5.91. The summed E-state index contributed by atoms with van der Waals surface area (Å²) in [5.74, 6) is -0.285. The Morgan fingerprint density at radius 3 is 2.55 bits per heavy atom. The summed E-state index contributed by atoms with van der Waals surface area (Å²) in [6.45, 7) is 10.5. The molecule has 0 bridgehead atoms. The van der Waals surface area contributed by atoms with Crippen molar-refractivity contribution in [1.82, 2.24) is 9.80 Å². The first kappa shape index (κ1) is 16.9. The van der Waals surface area contributed by atoms with Crippen LogP contribution in [-0.2, 0) is 4.74 Å². The average molecular weight is 308 g/mol. The first-order chi connectivity index (χ1) is 10.5. The summed E-state index contributed by atoms with van der Waals surface area (Å²) < 4.78 is 18.8. The van der Waals surface area contributed by atoms with Crippen LogP contribution >= 0.6 is 0 Å². The monoisotopic (exact) mass is 308 g/mol. The van der Waals surface area contributed by atoms with E-state index in [0.717, 1.165) is 26.2 Å². The smallest absolute Gasteiger partial charge is 0.253 e. The predicted octanol–water partition coefficient (Wildman–Crippen LogP) is 2.32. The van der Waals surface area contributed by atoms with Crippen LogP contribution in [-0.4, -0.2) is 61.1 Å². The van der Waals surface area contributed by atoms with E-state index in [1.165, 1.54) is 6.07 Å². The van der Waals surface area contributed by atoms with Gasteiger partial charge in [0.05, 0.1) is 12.7 Å². The van der Waals surface area contributed by atoms with E-state index in [4.69, 9.17) is 4.74 Å². The quantitative estimate of drug-likeness (QED) is 0.837. The minimum Gasteiger partial charge on any atom is -0.377 e. The molecule has 1 aromatic carbocycles. The fourth-order valence-electron chi connectivity index (χ4n) is 2.55. The lowest BCUT2D eigenvalue weighted by atomic mass is 10.1. The van der Waals surface area contributed by atoms with Gasteiger partial charge in [0.2, 0.25) is 0 Å². The van der Waals surface area contributed by atoms with E-state index in [9.17, 15) is 9.18 Å². The normalized spacial score (nSPS) is 16.3. The summed E-state index contributed by atoms with van der Waals surface area (Å²) in [5.41, 5.74) is 1.07. The molecule has 5 heteroatoms. The molecule has 4 nitrogen and oxygen atoms in total. The number of carbonyl (C=O) groups is 1. The Morgan fingerprint density at radius 2 is 1.95 bits per heavy atom. The van der Waals surface area contributed by atoms with Crippen molar-refractivity contribution in [2.45, 2.75) is 26.9 Å². The number of aryl methyl sites for hydroxylation is 1. The van der Waals surface area contributed by atoms with Crippen LogP contribution in [0.4, 0.5) is 4.39 Å². The van der Waals surface area contributed by atoms with Gasteiger partial charge in [-0.2, -0.15) is 0 Å². The van der Waals surface area contributed by atoms with Crippen LogP contribution in [0, 0.1) is 12.7 Å². The third-order valence-electron chi connectivity index (χ3n) is 3.92. The standard InChI is InChI=1S/C17H25FN2O2/c1-13(2)22-11-10-19-6-8-20(9-7-19)17(21)15-4-5-16(18)14(3)12-15/h4-5,12-13H,6-11H2,1-3H3. The number of piperazine rings is 1. The summed E-state index contributed by atoms with van der Waals surface area (Å²) in [5, 5.41) is 0. The van der Waals surface area contributed by atoms with Crippen LogP contribution in [0.15, 0.2) is 18.2 Å². The van der Waals surface area contributed by atoms with E-state index in [1.54, 1.807) is 19.1 Å². The molecular formula is C17H25FN2O2. The van der Waals surface area contributed by atoms with Gasteiger partial charge in [-0.1, -0.05) is 0 Å². The number of halogens is 1. The van der Waals surface area contributed by atoms with Gasteiger partial charge in [0.25, 0.3) is 5.91 Å². The lowest BCUT2D eigenvalue weighted by Gasteiger charge is -2.34. The zero-order valence-corrected chi connectivity index (χ0v) is 13.6. The number of amides is 1. The number of rotatable bonds is 5. The number of ether oxygens (including phenoxy) is 1. The van der Waals surface area contributed by atoms with Gasteiger partial charge < -0.3 is 9.64 Å². The second kappa shape index (κ2) is 7.70. The Balaban J connectivity index is 1.83. The molecule has 2 rings (SSSR count). The molecule has 0 aliphatic carbocycles. The summed E-state index contributed by atoms with van der Waals surface area (Å²) in [7, 11) is 0. The molecule has 0 N–H and O–H groups in total. The van der Waals surface area contributed by atoms with Crippen molar-refractivity contribution in [1.29, 1.82) is 0 Å². The summed E-state index contributed by atoms with van der Waals surface area (Å²) in [6.07, 6.45) is 0.254. The minimum atomic E-state index is -0.272. The molecule has 0 atom stereocenters. The molecule has 0 spiro atoms. The molecule has 122 valence electrons. The van der Waals surface area contributed by atoms with Gasteiger partial charge in [-0.15, -0.1) is 0 Å². The topological polar surface area (TPSA) is 32.8 Å². The highest BCUT2D eigenvalue weighted by Crippen LogP contribution is 2.13. The van der Waals surface area contributed by atoms with Gasteiger partial charge in [0, 0.05) is 38.3 Å². The zero-order chi connectivity index (χ0) is 16.1. The van der Waals surface area contributed by atoms with E-state index >= 15 is 0 Å². The van der Waals surface area contributed by atoms with Crippen LogP contribution < -0.4 is 0 Å². The van der Waals surface area contributed by atoms with Gasteiger partial charge in [0.15, 0.2) is 0 Å². The largest absolute Gasteiger partial charge is 0.377 e. The summed E-state index contributed by atoms with van der Waals surface area (Å²) in [6, 6.07) is 4.55. The first-order valence-corrected chi connectivity index (χ1v) is 7.86. The third-order valence-corrected chi connectivity index (χ3v) is 3.92. The van der Waals surface area contributed by atoms with E-state index in [2.05, 4.69) is 4.90 Å². The number of carbonyl (C=O) groups excluding carboxylic acids is 1. The fourth-order valence-corrected chi connectivity index (χ4v) is 2.55. The second-order valence-corrected chi connectivity index (χ2v) is 6.02. The fraction of sp³-hybridized carbons (Fsp3) is 0.588. The predicted molar refractivity (Wildman–Crippen MR) is 84.6 cm³/mol. The number of hydrogen-bond donors (Lipinski definition) is 0. The molecular weight excluding hydrogens is 283 g/mol. The van der Waals surface area contributed by atoms with Crippen LogP contribution in [0.3, 0.4) is 0 Å². The molecule has 1 aromatic rings. The van der Waals surface area contributed by atoms with Gasteiger partial charge in [0.1, 0.15) is 5.82 Å². The van der Waals surface area contributed by atoms with Crippen molar-refractivity contribution < 1.29 is 13.9 Å². The third kappa shape index (κ3) is 4.52. The molecule has 1 amide bonds. The minimum absolute atomic E-state index is 0.0128. The molecule has 0 aromatic heterocycles. The lowest BCUT2D eigenvalue weighted by molar-refractivity contribution is 0.0407. The molecule has 1 fully saturated rings. The van der Waals surface area contributed by atoms with E-state index in [0.29, 0.717) is 24.2 Å². The highest BCUT2D eigenvalue weighted by Gasteiger charge is 2.22. The maximum atomic E-state index is 13.3. The van der Waals surface area contributed by atoms with E-state index in [-0.39, 0.29) is 17.8 Å². The van der Waals surface area contributed by atoms with Crippen molar-refractivity contribution in [3.05, 3.63) is 35.1 Å². The first-order valence-electron chi connectivity index (χ1n) is 7.86. The Bertz CT molecular complexity index is 511.